The number of rotatable bonds is 4. The molecule has 0 atom stereocenters. The van der Waals surface area contributed by atoms with Gasteiger partial charge in [-0.2, -0.15) is 4.31 Å². The predicted molar refractivity (Wildman–Crippen MR) is 104 cm³/mol. The summed E-state index contributed by atoms with van der Waals surface area (Å²) in [6.45, 7) is 0.643. The molecule has 1 fully saturated rings. The molecular weight excluding hydrogens is 412 g/mol. The summed E-state index contributed by atoms with van der Waals surface area (Å²) in [4.78, 5) is 12.7. The molecule has 0 spiro atoms. The highest BCUT2D eigenvalue weighted by molar-refractivity contribution is 7.89. The molecule has 2 aromatic carbocycles. The third kappa shape index (κ3) is 3.25. The van der Waals surface area contributed by atoms with Crippen molar-refractivity contribution in [2.45, 2.75) is 17.7 Å². The second kappa shape index (κ2) is 7.26. The number of sulfonamides is 1. The number of piperidine rings is 1. The van der Waals surface area contributed by atoms with Crippen LogP contribution in [0, 0.1) is 5.92 Å². The second-order valence-corrected chi connectivity index (χ2v) is 9.03. The van der Waals surface area contributed by atoms with Gasteiger partial charge in [0, 0.05) is 30.8 Å². The molecule has 0 aliphatic carbocycles. The Hall–Kier alpha value is -3.18. The molecule has 3 aromatic rings. The van der Waals surface area contributed by atoms with Gasteiger partial charge in [-0.05, 0) is 47.4 Å². The maximum atomic E-state index is 13.1. The van der Waals surface area contributed by atoms with E-state index >= 15 is 0 Å². The maximum Gasteiger partial charge on any atom is 0.245 e. The number of carbonyl (C=O) groups is 1. The number of amides is 1. The van der Waals surface area contributed by atoms with Gasteiger partial charge in [-0.3, -0.25) is 4.79 Å². The van der Waals surface area contributed by atoms with Gasteiger partial charge in [0.15, 0.2) is 17.0 Å². The first kappa shape index (κ1) is 18.8. The zero-order chi connectivity index (χ0) is 20.7. The van der Waals surface area contributed by atoms with E-state index in [4.69, 9.17) is 9.47 Å². The monoisotopic (exact) mass is 430 g/mol. The Morgan fingerprint density at radius 2 is 1.87 bits per heavy atom. The lowest BCUT2D eigenvalue weighted by Gasteiger charge is -2.30. The highest BCUT2D eigenvalue weighted by Gasteiger charge is 2.34. The lowest BCUT2D eigenvalue weighted by atomic mass is 9.97. The molecular formula is C19H18N4O6S. The van der Waals surface area contributed by atoms with Crippen molar-refractivity contribution in [1.82, 2.24) is 14.6 Å². The second-order valence-electron chi connectivity index (χ2n) is 7.12. The number of carbonyl (C=O) groups excluding carboxylic acids is 1. The van der Waals surface area contributed by atoms with Crippen molar-refractivity contribution in [3.8, 4) is 11.5 Å². The van der Waals surface area contributed by atoms with E-state index in [1.807, 2.05) is 0 Å². The zero-order valence-corrected chi connectivity index (χ0v) is 16.6. The van der Waals surface area contributed by atoms with Crippen molar-refractivity contribution < 1.29 is 27.3 Å². The van der Waals surface area contributed by atoms with Crippen molar-refractivity contribution in [3.63, 3.8) is 0 Å². The summed E-state index contributed by atoms with van der Waals surface area (Å²) in [7, 11) is -3.76. The van der Waals surface area contributed by atoms with Crippen LogP contribution in [0.4, 0.5) is 5.69 Å². The summed E-state index contributed by atoms with van der Waals surface area (Å²) in [5.74, 6) is 0.800. The number of nitrogens with zero attached hydrogens (tertiary/aromatic N) is 3. The minimum Gasteiger partial charge on any atom is -0.454 e. The van der Waals surface area contributed by atoms with E-state index < -0.39 is 10.0 Å². The Labute approximate surface area is 171 Å². The van der Waals surface area contributed by atoms with Crippen LogP contribution in [0.15, 0.2) is 45.9 Å². The summed E-state index contributed by atoms with van der Waals surface area (Å²) in [5.41, 5.74) is 1.21. The average molecular weight is 430 g/mol. The van der Waals surface area contributed by atoms with Crippen molar-refractivity contribution in [3.05, 3.63) is 36.4 Å². The Bertz CT molecular complexity index is 1220. The standard InChI is InChI=1S/C19H18N4O6S/c24-19(20-13-4-5-15-16(10-13)28-11-27-15)12-6-8-23(9-7-12)30(25,26)17-3-1-2-14-18(17)22-29-21-14/h1-5,10,12H,6-9,11H2,(H,20,24). The zero-order valence-electron chi connectivity index (χ0n) is 15.8. The molecule has 0 saturated carbocycles. The van der Waals surface area contributed by atoms with Gasteiger partial charge >= 0.3 is 0 Å². The summed E-state index contributed by atoms with van der Waals surface area (Å²) in [6.07, 6.45) is 0.839. The van der Waals surface area contributed by atoms with Gasteiger partial charge in [0.2, 0.25) is 22.7 Å². The molecule has 0 bridgehead atoms. The smallest absolute Gasteiger partial charge is 0.245 e. The van der Waals surface area contributed by atoms with Crippen LogP contribution in [0.5, 0.6) is 11.5 Å². The number of aromatic nitrogens is 2. The van der Waals surface area contributed by atoms with E-state index in [0.717, 1.165) is 0 Å². The molecule has 0 radical (unpaired) electrons. The van der Waals surface area contributed by atoms with E-state index in [2.05, 4.69) is 20.3 Å². The lowest BCUT2D eigenvalue weighted by Crippen LogP contribution is -2.41. The van der Waals surface area contributed by atoms with Gasteiger partial charge in [-0.25, -0.2) is 13.0 Å². The summed E-state index contributed by atoms with van der Waals surface area (Å²) in [6, 6.07) is 9.93. The van der Waals surface area contributed by atoms with Crippen molar-refractivity contribution in [2.75, 3.05) is 25.2 Å². The molecule has 156 valence electrons. The van der Waals surface area contributed by atoms with E-state index in [1.165, 1.54) is 10.4 Å². The van der Waals surface area contributed by atoms with Crippen molar-refractivity contribution in [1.29, 1.82) is 0 Å². The third-order valence-electron chi connectivity index (χ3n) is 5.33. The fourth-order valence-corrected chi connectivity index (χ4v) is 5.31. The fraction of sp³-hybridized carbons (Fsp3) is 0.316. The molecule has 11 heteroatoms. The fourth-order valence-electron chi connectivity index (χ4n) is 3.71. The molecule has 5 rings (SSSR count). The first-order valence-corrected chi connectivity index (χ1v) is 10.9. The Kier molecular flexibility index (Phi) is 4.55. The number of ether oxygens (including phenoxy) is 2. The number of hydrogen-bond acceptors (Lipinski definition) is 8. The van der Waals surface area contributed by atoms with Crippen LogP contribution < -0.4 is 14.8 Å². The molecule has 3 heterocycles. The average Bonchev–Trinajstić information content (AvgIpc) is 3.42. The van der Waals surface area contributed by atoms with E-state index in [1.54, 1.807) is 30.3 Å². The molecule has 30 heavy (non-hydrogen) atoms. The number of fused-ring (bicyclic) bond motifs is 2. The molecule has 1 amide bonds. The summed E-state index contributed by atoms with van der Waals surface area (Å²) >= 11 is 0. The number of nitrogens with one attached hydrogen (secondary N) is 1. The number of anilines is 1. The Morgan fingerprint density at radius 3 is 2.70 bits per heavy atom. The molecule has 1 aromatic heterocycles. The highest BCUT2D eigenvalue weighted by Crippen LogP contribution is 2.34. The normalized spacial score (nSPS) is 17.3. The molecule has 2 aliphatic heterocycles. The van der Waals surface area contributed by atoms with Crippen molar-refractivity contribution in [2.24, 2.45) is 5.92 Å². The van der Waals surface area contributed by atoms with Gasteiger partial charge in [-0.1, -0.05) is 6.07 Å². The Balaban J connectivity index is 1.26. The lowest BCUT2D eigenvalue weighted by molar-refractivity contribution is -0.120. The van der Waals surface area contributed by atoms with Crippen LogP contribution in [0.3, 0.4) is 0 Å². The van der Waals surface area contributed by atoms with Gasteiger partial charge in [-0.15, -0.1) is 0 Å². The quantitative estimate of drug-likeness (QED) is 0.666. The van der Waals surface area contributed by atoms with Crippen LogP contribution in [0.1, 0.15) is 12.8 Å². The van der Waals surface area contributed by atoms with Gasteiger partial charge in [0.05, 0.1) is 0 Å². The van der Waals surface area contributed by atoms with E-state index in [-0.39, 0.29) is 42.1 Å². The van der Waals surface area contributed by atoms with Gasteiger partial charge in [0.25, 0.3) is 0 Å². The first-order chi connectivity index (χ1) is 14.5. The summed E-state index contributed by atoms with van der Waals surface area (Å²) in [5, 5.41) is 10.3. The minimum absolute atomic E-state index is 0.0597. The van der Waals surface area contributed by atoms with Crippen LogP contribution >= 0.6 is 0 Å². The van der Waals surface area contributed by atoms with Gasteiger partial charge in [0.1, 0.15) is 10.4 Å². The SMILES string of the molecule is O=C(Nc1ccc2c(c1)OCO2)C1CCN(S(=O)(=O)c2cccc3nonc23)CC1. The van der Waals surface area contributed by atoms with E-state index in [9.17, 15) is 13.2 Å². The Morgan fingerprint density at radius 1 is 1.07 bits per heavy atom. The van der Waals surface area contributed by atoms with Crippen LogP contribution in [0.25, 0.3) is 11.0 Å². The molecule has 1 saturated heterocycles. The first-order valence-electron chi connectivity index (χ1n) is 9.44. The minimum atomic E-state index is -3.76. The molecule has 0 unspecified atom stereocenters. The number of hydrogen-bond donors (Lipinski definition) is 1. The van der Waals surface area contributed by atoms with Crippen molar-refractivity contribution >= 4 is 32.7 Å². The maximum absolute atomic E-state index is 13.1. The largest absolute Gasteiger partial charge is 0.454 e. The predicted octanol–water partition coefficient (Wildman–Crippen LogP) is 1.99. The van der Waals surface area contributed by atoms with Gasteiger partial charge < -0.3 is 14.8 Å². The van der Waals surface area contributed by atoms with Crippen LogP contribution in [-0.4, -0.2) is 48.8 Å². The molecule has 10 nitrogen and oxygen atoms in total. The third-order valence-corrected chi connectivity index (χ3v) is 7.26. The molecule has 2 aliphatic rings. The topological polar surface area (TPSA) is 124 Å². The van der Waals surface area contributed by atoms with Crippen LogP contribution in [-0.2, 0) is 14.8 Å². The molecule has 1 N–H and O–H groups in total. The highest BCUT2D eigenvalue weighted by atomic mass is 32.2. The summed E-state index contributed by atoms with van der Waals surface area (Å²) < 4.78 is 42.8. The van der Waals surface area contributed by atoms with Crippen LogP contribution in [0.2, 0.25) is 0 Å². The number of benzene rings is 2. The van der Waals surface area contributed by atoms with E-state index in [0.29, 0.717) is 35.5 Å².